The highest BCUT2D eigenvalue weighted by Gasteiger charge is 2.19. The summed E-state index contributed by atoms with van der Waals surface area (Å²) >= 11 is 5.50. The Hall–Kier alpha value is -1.16. The van der Waals surface area contributed by atoms with E-state index in [2.05, 4.69) is 76.0 Å². The van der Waals surface area contributed by atoms with Gasteiger partial charge in [0.2, 0.25) is 0 Å². The van der Waals surface area contributed by atoms with Crippen LogP contribution in [0.2, 0.25) is 0 Å². The monoisotopic (exact) mass is 359 g/mol. The first kappa shape index (κ1) is 14.8. The summed E-state index contributed by atoms with van der Waals surface area (Å²) in [5, 5.41) is 8.27. The SMILES string of the molecule is CCc1ccsc1C(NC)c1ccc(Br)c2ccccc12. The average Bonchev–Trinajstić information content (AvgIpc) is 2.99. The van der Waals surface area contributed by atoms with Crippen molar-refractivity contribution in [3.63, 3.8) is 0 Å². The summed E-state index contributed by atoms with van der Waals surface area (Å²) in [6.07, 6.45) is 1.07. The maximum Gasteiger partial charge on any atom is 0.0677 e. The smallest absolute Gasteiger partial charge is 0.0677 e. The highest BCUT2D eigenvalue weighted by Crippen LogP contribution is 2.36. The lowest BCUT2D eigenvalue weighted by Crippen LogP contribution is -2.18. The minimum Gasteiger partial charge on any atom is -0.309 e. The predicted octanol–water partition coefficient (Wildman–Crippen LogP) is 5.54. The zero-order valence-corrected chi connectivity index (χ0v) is 14.6. The molecule has 0 bridgehead atoms. The average molecular weight is 360 g/mol. The van der Waals surface area contributed by atoms with Gasteiger partial charge in [-0.2, -0.15) is 0 Å². The van der Waals surface area contributed by atoms with Crippen molar-refractivity contribution in [3.05, 3.63) is 68.3 Å². The van der Waals surface area contributed by atoms with Crippen LogP contribution in [-0.2, 0) is 6.42 Å². The molecule has 1 heterocycles. The number of hydrogen-bond acceptors (Lipinski definition) is 2. The molecule has 3 aromatic rings. The topological polar surface area (TPSA) is 12.0 Å². The number of halogens is 1. The van der Waals surface area contributed by atoms with Crippen molar-refractivity contribution in [2.45, 2.75) is 19.4 Å². The van der Waals surface area contributed by atoms with Crippen LogP contribution in [-0.4, -0.2) is 7.05 Å². The molecule has 0 amide bonds. The Morgan fingerprint density at radius 1 is 1.10 bits per heavy atom. The van der Waals surface area contributed by atoms with Gasteiger partial charge < -0.3 is 5.32 Å². The van der Waals surface area contributed by atoms with E-state index >= 15 is 0 Å². The molecule has 0 saturated carbocycles. The fourth-order valence-electron chi connectivity index (χ4n) is 2.86. The lowest BCUT2D eigenvalue weighted by atomic mass is 9.96. The third-order valence-corrected chi connectivity index (χ3v) is 5.64. The first-order valence-corrected chi connectivity index (χ1v) is 8.84. The Morgan fingerprint density at radius 3 is 2.57 bits per heavy atom. The lowest BCUT2D eigenvalue weighted by molar-refractivity contribution is 0.702. The zero-order chi connectivity index (χ0) is 14.8. The molecule has 0 radical (unpaired) electrons. The molecule has 3 heteroatoms. The Labute approximate surface area is 138 Å². The van der Waals surface area contributed by atoms with Crippen molar-refractivity contribution in [2.24, 2.45) is 0 Å². The van der Waals surface area contributed by atoms with Crippen LogP contribution in [0.25, 0.3) is 10.8 Å². The van der Waals surface area contributed by atoms with Crippen molar-refractivity contribution >= 4 is 38.0 Å². The van der Waals surface area contributed by atoms with E-state index < -0.39 is 0 Å². The minimum atomic E-state index is 0.248. The van der Waals surface area contributed by atoms with Crippen LogP contribution in [0.1, 0.15) is 29.0 Å². The van der Waals surface area contributed by atoms with Crippen molar-refractivity contribution in [3.8, 4) is 0 Å². The number of thiophene rings is 1. The molecule has 1 nitrogen and oxygen atoms in total. The molecule has 0 spiro atoms. The summed E-state index contributed by atoms with van der Waals surface area (Å²) in [6, 6.07) is 15.5. The van der Waals surface area contributed by atoms with Crippen LogP contribution < -0.4 is 5.32 Å². The second-order valence-electron chi connectivity index (χ2n) is 5.07. The van der Waals surface area contributed by atoms with Crippen LogP contribution in [0.15, 0.2) is 52.3 Å². The van der Waals surface area contributed by atoms with Gasteiger partial charge in [0.15, 0.2) is 0 Å². The van der Waals surface area contributed by atoms with Gasteiger partial charge in [-0.05, 0) is 52.9 Å². The normalized spacial score (nSPS) is 12.7. The number of fused-ring (bicyclic) bond motifs is 1. The minimum absolute atomic E-state index is 0.248. The molecule has 2 aromatic carbocycles. The van der Waals surface area contributed by atoms with Crippen LogP contribution in [0, 0.1) is 0 Å². The molecule has 0 aliphatic carbocycles. The van der Waals surface area contributed by atoms with Gasteiger partial charge in [0.05, 0.1) is 6.04 Å². The van der Waals surface area contributed by atoms with Crippen LogP contribution in [0.5, 0.6) is 0 Å². The number of nitrogens with one attached hydrogen (secondary N) is 1. The van der Waals surface area contributed by atoms with E-state index in [0.717, 1.165) is 10.9 Å². The van der Waals surface area contributed by atoms with Crippen LogP contribution >= 0.6 is 27.3 Å². The lowest BCUT2D eigenvalue weighted by Gasteiger charge is -2.20. The third-order valence-electron chi connectivity index (χ3n) is 3.93. The summed E-state index contributed by atoms with van der Waals surface area (Å²) in [6.45, 7) is 2.22. The zero-order valence-electron chi connectivity index (χ0n) is 12.2. The molecule has 1 aromatic heterocycles. The molecule has 1 unspecified atom stereocenters. The molecular weight excluding hydrogens is 342 g/mol. The standard InChI is InChI=1S/C18H18BrNS/c1-3-12-10-11-21-18(12)17(20-2)15-8-9-16(19)14-7-5-4-6-13(14)15/h4-11,17,20H,3H2,1-2H3. The second-order valence-corrected chi connectivity index (χ2v) is 6.87. The van der Waals surface area contributed by atoms with Gasteiger partial charge in [0.1, 0.15) is 0 Å². The van der Waals surface area contributed by atoms with Crippen molar-refractivity contribution < 1.29 is 0 Å². The van der Waals surface area contributed by atoms with E-state index in [-0.39, 0.29) is 6.04 Å². The Balaban J connectivity index is 2.20. The van der Waals surface area contributed by atoms with Gasteiger partial charge in [-0.3, -0.25) is 0 Å². The fourth-order valence-corrected chi connectivity index (χ4v) is 4.46. The molecule has 0 aliphatic heterocycles. The van der Waals surface area contributed by atoms with Crippen LogP contribution in [0.4, 0.5) is 0 Å². The first-order valence-electron chi connectivity index (χ1n) is 7.17. The highest BCUT2D eigenvalue weighted by atomic mass is 79.9. The molecule has 1 N–H and O–H groups in total. The highest BCUT2D eigenvalue weighted by molar-refractivity contribution is 9.10. The number of aryl methyl sites for hydroxylation is 1. The number of rotatable bonds is 4. The molecule has 3 rings (SSSR count). The Morgan fingerprint density at radius 2 is 1.86 bits per heavy atom. The molecule has 21 heavy (non-hydrogen) atoms. The molecule has 0 saturated heterocycles. The maximum absolute atomic E-state index is 3.66. The first-order chi connectivity index (χ1) is 10.3. The van der Waals surface area contributed by atoms with Gasteiger partial charge >= 0.3 is 0 Å². The molecule has 0 aliphatic rings. The van der Waals surface area contributed by atoms with Gasteiger partial charge in [0, 0.05) is 9.35 Å². The van der Waals surface area contributed by atoms with E-state index in [9.17, 15) is 0 Å². The summed E-state index contributed by atoms with van der Waals surface area (Å²) < 4.78 is 1.15. The molecule has 0 fully saturated rings. The van der Waals surface area contributed by atoms with Crippen molar-refractivity contribution in [2.75, 3.05) is 7.05 Å². The van der Waals surface area contributed by atoms with Crippen molar-refractivity contribution in [1.82, 2.24) is 5.32 Å². The summed E-state index contributed by atoms with van der Waals surface area (Å²) in [7, 11) is 2.04. The predicted molar refractivity (Wildman–Crippen MR) is 96.2 cm³/mol. The third kappa shape index (κ3) is 2.66. The quantitative estimate of drug-likeness (QED) is 0.645. The number of hydrogen-bond donors (Lipinski definition) is 1. The van der Waals surface area contributed by atoms with Crippen molar-refractivity contribution in [1.29, 1.82) is 0 Å². The molecule has 1 atom stereocenters. The molecule has 108 valence electrons. The van der Waals surface area contributed by atoms with Crippen LogP contribution in [0.3, 0.4) is 0 Å². The van der Waals surface area contributed by atoms with E-state index in [4.69, 9.17) is 0 Å². The maximum atomic E-state index is 3.66. The Kier molecular flexibility index (Phi) is 4.43. The fraction of sp³-hybridized carbons (Fsp3) is 0.222. The van der Waals surface area contributed by atoms with E-state index in [1.165, 1.54) is 26.8 Å². The summed E-state index contributed by atoms with van der Waals surface area (Å²) in [4.78, 5) is 1.42. The largest absolute Gasteiger partial charge is 0.309 e. The van der Waals surface area contributed by atoms with Gasteiger partial charge in [0.25, 0.3) is 0 Å². The summed E-state index contributed by atoms with van der Waals surface area (Å²) in [5.41, 5.74) is 2.78. The van der Waals surface area contributed by atoms with Gasteiger partial charge in [-0.15, -0.1) is 11.3 Å². The van der Waals surface area contributed by atoms with E-state index in [1.54, 1.807) is 0 Å². The number of benzene rings is 2. The Bertz CT molecular complexity index is 763. The van der Waals surface area contributed by atoms with Gasteiger partial charge in [-0.1, -0.05) is 53.2 Å². The summed E-state index contributed by atoms with van der Waals surface area (Å²) in [5.74, 6) is 0. The molecular formula is C18H18BrNS. The van der Waals surface area contributed by atoms with E-state index in [0.29, 0.717) is 0 Å². The van der Waals surface area contributed by atoms with E-state index in [1.807, 2.05) is 18.4 Å². The van der Waals surface area contributed by atoms with Gasteiger partial charge in [-0.25, -0.2) is 0 Å². The second kappa shape index (κ2) is 6.30.